The molecule has 0 fully saturated rings. The lowest BCUT2D eigenvalue weighted by Gasteiger charge is -2.07. The topological polar surface area (TPSA) is 51.0 Å². The normalized spacial score (nSPS) is 12.6. The largest absolute Gasteiger partial charge is 0.424 e. The Hall–Kier alpha value is -1.68. The van der Waals surface area contributed by atoms with E-state index in [2.05, 4.69) is 53.6 Å². The van der Waals surface area contributed by atoms with E-state index >= 15 is 0 Å². The van der Waals surface area contributed by atoms with Crippen LogP contribution in [0.2, 0.25) is 0 Å². The van der Waals surface area contributed by atoms with E-state index in [9.17, 15) is 0 Å². The molecule has 1 N–H and O–H groups in total. The molecule has 0 spiro atoms. The Morgan fingerprint density at radius 1 is 1.21 bits per heavy atom. The van der Waals surface area contributed by atoms with Gasteiger partial charge in [0.15, 0.2) is 0 Å². The average molecular weight is 259 g/mol. The van der Waals surface area contributed by atoms with Crippen LogP contribution in [0, 0.1) is 6.92 Å². The van der Waals surface area contributed by atoms with Gasteiger partial charge in [0.2, 0.25) is 11.8 Å². The summed E-state index contributed by atoms with van der Waals surface area (Å²) in [6, 6.07) is 8.55. The molecule has 0 aliphatic carbocycles. The Kier molecular flexibility index (Phi) is 4.68. The minimum Gasteiger partial charge on any atom is -0.424 e. The van der Waals surface area contributed by atoms with Gasteiger partial charge in [-0.1, -0.05) is 31.2 Å². The predicted molar refractivity (Wildman–Crippen MR) is 75.0 cm³/mol. The van der Waals surface area contributed by atoms with Gasteiger partial charge in [-0.05, 0) is 37.9 Å². The first-order valence-corrected chi connectivity index (χ1v) is 6.78. The average Bonchev–Trinajstić information content (AvgIpc) is 2.88. The number of aromatic nitrogens is 2. The molecule has 2 aromatic rings. The molecule has 102 valence electrons. The van der Waals surface area contributed by atoms with E-state index in [0.717, 1.165) is 19.3 Å². The van der Waals surface area contributed by atoms with Crippen LogP contribution in [-0.2, 0) is 12.8 Å². The van der Waals surface area contributed by atoms with Crippen LogP contribution < -0.4 is 5.32 Å². The second-order valence-corrected chi connectivity index (χ2v) is 4.71. The van der Waals surface area contributed by atoms with Crippen molar-refractivity contribution in [3.63, 3.8) is 0 Å². The minimum atomic E-state index is 0.153. The summed E-state index contributed by atoms with van der Waals surface area (Å²) < 4.78 is 5.70. The number of hydrogen-bond acceptors (Lipinski definition) is 4. The maximum absolute atomic E-state index is 5.70. The van der Waals surface area contributed by atoms with E-state index in [-0.39, 0.29) is 6.04 Å². The monoisotopic (exact) mass is 259 g/mol. The molecule has 1 aromatic heterocycles. The van der Waals surface area contributed by atoms with E-state index in [4.69, 9.17) is 4.42 Å². The second-order valence-electron chi connectivity index (χ2n) is 4.71. The second kappa shape index (κ2) is 6.48. The molecule has 4 nitrogen and oxygen atoms in total. The van der Waals surface area contributed by atoms with Gasteiger partial charge in [0.1, 0.15) is 0 Å². The van der Waals surface area contributed by atoms with Gasteiger partial charge in [-0.3, -0.25) is 0 Å². The first kappa shape index (κ1) is 13.7. The number of benzene rings is 1. The Labute approximate surface area is 114 Å². The molecule has 0 saturated heterocycles. The SMILES string of the molecule is CCC(NC)c1nnc(CCc2ccccc2C)o1. The Bertz CT molecular complexity index is 518. The van der Waals surface area contributed by atoms with Gasteiger partial charge in [-0.15, -0.1) is 10.2 Å². The molecule has 0 aliphatic rings. The molecule has 0 saturated carbocycles. The number of nitrogens with one attached hydrogen (secondary N) is 1. The summed E-state index contributed by atoms with van der Waals surface area (Å²) in [6.45, 7) is 4.22. The Balaban J connectivity index is 1.99. The fourth-order valence-electron chi connectivity index (χ4n) is 2.14. The van der Waals surface area contributed by atoms with Gasteiger partial charge in [0.25, 0.3) is 0 Å². The third kappa shape index (κ3) is 3.41. The van der Waals surface area contributed by atoms with Crippen LogP contribution in [0.15, 0.2) is 28.7 Å². The van der Waals surface area contributed by atoms with Crippen LogP contribution in [0.25, 0.3) is 0 Å². The van der Waals surface area contributed by atoms with E-state index in [1.165, 1.54) is 11.1 Å². The van der Waals surface area contributed by atoms with Crippen LogP contribution in [0.5, 0.6) is 0 Å². The van der Waals surface area contributed by atoms with Crippen LogP contribution in [-0.4, -0.2) is 17.2 Å². The van der Waals surface area contributed by atoms with Gasteiger partial charge in [-0.2, -0.15) is 0 Å². The highest BCUT2D eigenvalue weighted by atomic mass is 16.4. The van der Waals surface area contributed by atoms with Crippen LogP contribution >= 0.6 is 0 Å². The summed E-state index contributed by atoms with van der Waals surface area (Å²) in [4.78, 5) is 0. The number of aryl methyl sites for hydroxylation is 3. The van der Waals surface area contributed by atoms with Crippen molar-refractivity contribution in [2.45, 2.75) is 39.2 Å². The van der Waals surface area contributed by atoms with E-state index < -0.39 is 0 Å². The van der Waals surface area contributed by atoms with Crippen molar-refractivity contribution in [1.82, 2.24) is 15.5 Å². The lowest BCUT2D eigenvalue weighted by Crippen LogP contribution is -2.15. The highest BCUT2D eigenvalue weighted by Crippen LogP contribution is 2.16. The molecule has 19 heavy (non-hydrogen) atoms. The number of nitrogens with zero attached hydrogens (tertiary/aromatic N) is 2. The molecule has 1 heterocycles. The first-order chi connectivity index (χ1) is 9.24. The third-order valence-corrected chi connectivity index (χ3v) is 3.41. The van der Waals surface area contributed by atoms with Crippen molar-refractivity contribution in [1.29, 1.82) is 0 Å². The number of hydrogen-bond donors (Lipinski definition) is 1. The van der Waals surface area contributed by atoms with Gasteiger partial charge in [0, 0.05) is 6.42 Å². The summed E-state index contributed by atoms with van der Waals surface area (Å²) in [6.07, 6.45) is 2.67. The fourth-order valence-corrected chi connectivity index (χ4v) is 2.14. The molecule has 2 rings (SSSR count). The van der Waals surface area contributed by atoms with Crippen LogP contribution in [0.3, 0.4) is 0 Å². The highest BCUT2D eigenvalue weighted by Gasteiger charge is 2.14. The zero-order valence-electron chi connectivity index (χ0n) is 11.8. The third-order valence-electron chi connectivity index (χ3n) is 3.41. The molecule has 0 aliphatic heterocycles. The van der Waals surface area contributed by atoms with E-state index in [1.54, 1.807) is 0 Å². The molecule has 0 bridgehead atoms. The first-order valence-electron chi connectivity index (χ1n) is 6.78. The molecule has 4 heteroatoms. The molecule has 0 amide bonds. The maximum atomic E-state index is 5.70. The summed E-state index contributed by atoms with van der Waals surface area (Å²) in [5.41, 5.74) is 2.65. The summed E-state index contributed by atoms with van der Waals surface area (Å²) in [7, 11) is 1.91. The Morgan fingerprint density at radius 2 is 2.00 bits per heavy atom. The summed E-state index contributed by atoms with van der Waals surface area (Å²) >= 11 is 0. The lowest BCUT2D eigenvalue weighted by atomic mass is 10.0. The molecular weight excluding hydrogens is 238 g/mol. The number of rotatable bonds is 6. The predicted octanol–water partition coefficient (Wildman–Crippen LogP) is 2.83. The van der Waals surface area contributed by atoms with Crippen molar-refractivity contribution in [2.24, 2.45) is 0 Å². The summed E-state index contributed by atoms with van der Waals surface area (Å²) in [5, 5.41) is 11.4. The van der Waals surface area contributed by atoms with Crippen molar-refractivity contribution in [3.8, 4) is 0 Å². The molecular formula is C15H21N3O. The molecule has 1 aromatic carbocycles. The van der Waals surface area contributed by atoms with Crippen molar-refractivity contribution >= 4 is 0 Å². The molecule has 0 radical (unpaired) electrons. The maximum Gasteiger partial charge on any atom is 0.233 e. The van der Waals surface area contributed by atoms with Crippen molar-refractivity contribution in [3.05, 3.63) is 47.2 Å². The van der Waals surface area contributed by atoms with Crippen molar-refractivity contribution in [2.75, 3.05) is 7.05 Å². The van der Waals surface area contributed by atoms with Gasteiger partial charge in [0.05, 0.1) is 6.04 Å². The zero-order chi connectivity index (χ0) is 13.7. The molecule has 1 unspecified atom stereocenters. The minimum absolute atomic E-state index is 0.153. The zero-order valence-corrected chi connectivity index (χ0v) is 11.8. The van der Waals surface area contributed by atoms with E-state index in [0.29, 0.717) is 11.8 Å². The van der Waals surface area contributed by atoms with Gasteiger partial charge < -0.3 is 9.73 Å². The quantitative estimate of drug-likeness (QED) is 0.866. The van der Waals surface area contributed by atoms with Gasteiger partial charge >= 0.3 is 0 Å². The molecule has 1 atom stereocenters. The van der Waals surface area contributed by atoms with Crippen LogP contribution in [0.4, 0.5) is 0 Å². The Morgan fingerprint density at radius 3 is 2.68 bits per heavy atom. The van der Waals surface area contributed by atoms with Crippen molar-refractivity contribution < 1.29 is 4.42 Å². The lowest BCUT2D eigenvalue weighted by molar-refractivity contribution is 0.386. The van der Waals surface area contributed by atoms with Crippen LogP contribution in [0.1, 0.15) is 42.3 Å². The van der Waals surface area contributed by atoms with Gasteiger partial charge in [-0.25, -0.2) is 0 Å². The highest BCUT2D eigenvalue weighted by molar-refractivity contribution is 5.25. The smallest absolute Gasteiger partial charge is 0.233 e. The standard InChI is InChI=1S/C15H21N3O/c1-4-13(16-3)15-18-17-14(19-15)10-9-12-8-6-5-7-11(12)2/h5-8,13,16H,4,9-10H2,1-3H3. The summed E-state index contributed by atoms with van der Waals surface area (Å²) in [5.74, 6) is 1.40. The fraction of sp³-hybridized carbons (Fsp3) is 0.467. The van der Waals surface area contributed by atoms with E-state index in [1.807, 2.05) is 7.05 Å².